The first-order valence-electron chi connectivity index (χ1n) is 11.7. The number of hydrogen-bond acceptors (Lipinski definition) is 7. The van der Waals surface area contributed by atoms with E-state index in [1.807, 2.05) is 52.9 Å². The van der Waals surface area contributed by atoms with Crippen LogP contribution in [0.2, 0.25) is 0 Å². The Morgan fingerprint density at radius 2 is 1.83 bits per heavy atom. The highest BCUT2D eigenvalue weighted by atomic mass is 127. The zero-order valence-electron chi connectivity index (χ0n) is 21.5. The van der Waals surface area contributed by atoms with Crippen LogP contribution in [0.1, 0.15) is 40.2 Å². The lowest BCUT2D eigenvalue weighted by Crippen LogP contribution is -2.50. The average Bonchev–Trinajstić information content (AvgIpc) is 3.19. The Balaban J connectivity index is 0.00000167. The number of nitrogens with zero attached hydrogens (tertiary/aromatic N) is 5. The summed E-state index contributed by atoms with van der Waals surface area (Å²) < 4.78 is 13.2. The predicted molar refractivity (Wildman–Crippen MR) is 153 cm³/mol. The highest BCUT2D eigenvalue weighted by Crippen LogP contribution is 2.34. The average molecular weight is 612 g/mol. The minimum absolute atomic E-state index is 0.268. The van der Waals surface area contributed by atoms with E-state index >= 15 is 0 Å². The number of fused-ring (bicyclic) bond motifs is 1. The second kappa shape index (κ2) is 11.7. The number of aryl methyl sites for hydroxylation is 1. The molecule has 1 aliphatic heterocycles. The van der Waals surface area contributed by atoms with Gasteiger partial charge in [-0.3, -0.25) is 3.97 Å². The predicted octanol–water partition coefficient (Wildman–Crippen LogP) is 6.34. The lowest BCUT2D eigenvalue weighted by molar-refractivity contribution is 0.0240. The summed E-state index contributed by atoms with van der Waals surface area (Å²) in [6, 6.07) is 6.17. The van der Waals surface area contributed by atoms with Crippen LogP contribution in [-0.4, -0.2) is 63.8 Å². The van der Waals surface area contributed by atoms with Crippen LogP contribution in [0.25, 0.3) is 22.2 Å². The number of pyridine rings is 2. The van der Waals surface area contributed by atoms with Gasteiger partial charge in [0.25, 0.3) is 0 Å². The molecule has 1 saturated heterocycles. The third-order valence-electron chi connectivity index (χ3n) is 5.49. The molecule has 0 unspecified atom stereocenters. The van der Waals surface area contributed by atoms with Gasteiger partial charge in [-0.15, -0.1) is 0 Å². The van der Waals surface area contributed by atoms with E-state index in [4.69, 9.17) is 14.5 Å². The van der Waals surface area contributed by atoms with E-state index in [-0.39, 0.29) is 6.09 Å². The zero-order valence-corrected chi connectivity index (χ0v) is 24.4. The van der Waals surface area contributed by atoms with Gasteiger partial charge >= 0.3 is 6.09 Å². The molecule has 0 bridgehead atoms. The molecular formula is C25H34IN5O3S. The van der Waals surface area contributed by atoms with E-state index in [2.05, 4.69) is 54.2 Å². The standard InChI is InChI=1S/C23H28IN5O3S.C2H6/c1-15-14-29(33-24)20-18(15)12-16(13-25-20)17-6-7-19(26-21(17)31-5)27-8-10-28(11-9-27)22(30)32-23(2,3)4;1-2/h6-7,12-14H,8-11H2,1-5H3;1-2H3. The molecule has 0 aliphatic carbocycles. The number of rotatable bonds is 4. The summed E-state index contributed by atoms with van der Waals surface area (Å²) in [7, 11) is 3.24. The fourth-order valence-corrected chi connectivity index (χ4v) is 5.17. The number of ether oxygens (including phenoxy) is 2. The van der Waals surface area contributed by atoms with Crippen molar-refractivity contribution >= 4 is 53.3 Å². The number of piperazine rings is 1. The highest BCUT2D eigenvalue weighted by Gasteiger charge is 2.26. The van der Waals surface area contributed by atoms with Crippen molar-refractivity contribution in [2.24, 2.45) is 0 Å². The quantitative estimate of drug-likeness (QED) is 0.319. The molecular weight excluding hydrogens is 577 g/mol. The first kappa shape index (κ1) is 27.4. The topological polar surface area (TPSA) is 72.7 Å². The van der Waals surface area contributed by atoms with Crippen LogP contribution in [0.3, 0.4) is 0 Å². The number of methoxy groups -OCH3 is 1. The number of anilines is 1. The molecule has 3 aromatic heterocycles. The summed E-state index contributed by atoms with van der Waals surface area (Å²) in [4.78, 5) is 25.7. The molecule has 4 heterocycles. The summed E-state index contributed by atoms with van der Waals surface area (Å²) >= 11 is 2.26. The summed E-state index contributed by atoms with van der Waals surface area (Å²) in [5, 5.41) is 1.11. The van der Waals surface area contributed by atoms with Gasteiger partial charge < -0.3 is 19.3 Å². The number of amides is 1. The number of aromatic nitrogens is 3. The van der Waals surface area contributed by atoms with Gasteiger partial charge in [0.1, 0.15) is 11.4 Å². The molecule has 1 aliphatic rings. The van der Waals surface area contributed by atoms with Gasteiger partial charge in [-0.2, -0.15) is 4.98 Å². The van der Waals surface area contributed by atoms with Crippen molar-refractivity contribution in [1.29, 1.82) is 0 Å². The summed E-state index contributed by atoms with van der Waals surface area (Å²) in [5.41, 5.74) is 3.49. The lowest BCUT2D eigenvalue weighted by Gasteiger charge is -2.36. The van der Waals surface area contributed by atoms with Crippen molar-refractivity contribution in [3.8, 4) is 17.0 Å². The number of hydrogen-bond donors (Lipinski definition) is 0. The van der Waals surface area contributed by atoms with Crippen molar-refractivity contribution in [2.45, 2.75) is 47.1 Å². The van der Waals surface area contributed by atoms with Crippen LogP contribution in [0.5, 0.6) is 5.88 Å². The van der Waals surface area contributed by atoms with E-state index in [0.29, 0.717) is 32.1 Å². The Morgan fingerprint density at radius 3 is 2.43 bits per heavy atom. The highest BCUT2D eigenvalue weighted by molar-refractivity contribution is 14.2. The summed E-state index contributed by atoms with van der Waals surface area (Å²) in [5.74, 6) is 1.39. The first-order chi connectivity index (χ1) is 16.7. The smallest absolute Gasteiger partial charge is 0.410 e. The molecule has 10 heteroatoms. The third kappa shape index (κ3) is 6.32. The maximum Gasteiger partial charge on any atom is 0.410 e. The van der Waals surface area contributed by atoms with Crippen LogP contribution >= 0.6 is 30.3 Å². The minimum Gasteiger partial charge on any atom is -0.480 e. The third-order valence-corrected chi connectivity index (χ3v) is 7.19. The Labute approximate surface area is 224 Å². The Hall–Kier alpha value is -2.21. The second-order valence-electron chi connectivity index (χ2n) is 8.98. The first-order valence-corrected chi connectivity index (χ1v) is 15.1. The maximum absolute atomic E-state index is 12.3. The summed E-state index contributed by atoms with van der Waals surface area (Å²) in [6.07, 6.45) is 3.69. The molecule has 4 rings (SSSR count). The van der Waals surface area contributed by atoms with Crippen LogP contribution in [-0.2, 0) is 4.74 Å². The van der Waals surface area contributed by atoms with Crippen LogP contribution < -0.4 is 9.64 Å². The largest absolute Gasteiger partial charge is 0.480 e. The van der Waals surface area contributed by atoms with Gasteiger partial charge in [-0.25, -0.2) is 9.78 Å². The molecule has 1 fully saturated rings. The van der Waals surface area contributed by atoms with Gasteiger partial charge in [0.15, 0.2) is 5.65 Å². The molecule has 0 spiro atoms. The maximum atomic E-state index is 12.3. The van der Waals surface area contributed by atoms with Crippen molar-refractivity contribution in [3.05, 3.63) is 36.2 Å². The van der Waals surface area contributed by atoms with Crippen LogP contribution in [0.4, 0.5) is 10.6 Å². The molecule has 0 aromatic carbocycles. The normalized spacial score (nSPS) is 13.9. The molecule has 0 N–H and O–H groups in total. The fraction of sp³-hybridized carbons (Fsp3) is 0.480. The molecule has 3 aromatic rings. The van der Waals surface area contributed by atoms with Gasteiger partial charge in [-0.05, 0) is 51.5 Å². The van der Waals surface area contributed by atoms with Crippen LogP contribution in [0, 0.1) is 6.92 Å². The minimum atomic E-state index is -0.493. The van der Waals surface area contributed by atoms with E-state index in [9.17, 15) is 4.79 Å². The molecule has 35 heavy (non-hydrogen) atoms. The SMILES string of the molecule is CC.COc1nc(N2CCN(C(=O)OC(C)(C)C)CC2)ccc1-c1cnc2c(c1)c(C)cn2SI. The van der Waals surface area contributed by atoms with E-state index in [0.717, 1.165) is 28.0 Å². The monoisotopic (exact) mass is 611 g/mol. The second-order valence-corrected chi connectivity index (χ2v) is 10.7. The summed E-state index contributed by atoms with van der Waals surface area (Å²) in [6.45, 7) is 14.3. The van der Waals surface area contributed by atoms with E-state index in [1.165, 1.54) is 5.56 Å². The number of halogens is 1. The number of carbonyl (C=O) groups excluding carboxylic acids is 1. The Morgan fingerprint density at radius 1 is 1.14 bits per heavy atom. The van der Waals surface area contributed by atoms with Gasteiger partial charge in [0.05, 0.1) is 7.11 Å². The van der Waals surface area contributed by atoms with E-state index < -0.39 is 5.60 Å². The molecule has 190 valence electrons. The van der Waals surface area contributed by atoms with E-state index in [1.54, 1.807) is 21.1 Å². The van der Waals surface area contributed by atoms with Crippen molar-refractivity contribution in [3.63, 3.8) is 0 Å². The Bertz CT molecular complexity index is 1170. The van der Waals surface area contributed by atoms with Crippen molar-refractivity contribution < 1.29 is 14.3 Å². The molecule has 0 radical (unpaired) electrons. The molecule has 1 amide bonds. The molecule has 8 nitrogen and oxygen atoms in total. The van der Waals surface area contributed by atoms with Crippen molar-refractivity contribution in [1.82, 2.24) is 18.8 Å². The van der Waals surface area contributed by atoms with Crippen molar-refractivity contribution in [2.75, 3.05) is 38.2 Å². The lowest BCUT2D eigenvalue weighted by atomic mass is 10.1. The van der Waals surface area contributed by atoms with Gasteiger partial charge in [0, 0.05) is 85.4 Å². The molecule has 0 saturated carbocycles. The Kier molecular flexibility index (Phi) is 9.14. The number of carbonyl (C=O) groups is 1. The fourth-order valence-electron chi connectivity index (χ4n) is 3.86. The van der Waals surface area contributed by atoms with Gasteiger partial charge in [-0.1, -0.05) is 13.8 Å². The van der Waals surface area contributed by atoms with Gasteiger partial charge in [0.2, 0.25) is 5.88 Å². The zero-order chi connectivity index (χ0) is 25.8. The molecule has 0 atom stereocenters. The van der Waals surface area contributed by atoms with Crippen LogP contribution in [0.15, 0.2) is 30.6 Å².